The van der Waals surface area contributed by atoms with Crippen molar-refractivity contribution in [2.75, 3.05) is 14.2 Å². The summed E-state index contributed by atoms with van der Waals surface area (Å²) in [5.74, 6) is -1.11. The smallest absolute Gasteiger partial charge is 0.356 e. The van der Waals surface area contributed by atoms with Crippen molar-refractivity contribution in [3.05, 3.63) is 77.5 Å². The molecule has 11 heteroatoms. The van der Waals surface area contributed by atoms with Gasteiger partial charge in [0, 0.05) is 36.5 Å². The summed E-state index contributed by atoms with van der Waals surface area (Å²) in [6.07, 6.45) is 4.49. The molecule has 1 amide bonds. The van der Waals surface area contributed by atoms with Crippen LogP contribution in [0.2, 0.25) is 0 Å². The largest absolute Gasteiger partial charge is 0.464 e. The van der Waals surface area contributed by atoms with Gasteiger partial charge in [-0.2, -0.15) is 5.10 Å². The number of pyridine rings is 1. The lowest BCUT2D eigenvalue weighted by atomic mass is 10.2. The van der Waals surface area contributed by atoms with E-state index in [2.05, 4.69) is 15.4 Å². The lowest BCUT2D eigenvalue weighted by Gasteiger charge is -2.10. The first-order valence-electron chi connectivity index (χ1n) is 9.90. The van der Waals surface area contributed by atoms with Crippen molar-refractivity contribution in [3.63, 3.8) is 0 Å². The second-order valence-corrected chi connectivity index (χ2v) is 9.12. The lowest BCUT2D eigenvalue weighted by molar-refractivity contribution is 0.0587. The SMILES string of the molecule is CNC(=O)c1cc(C(=O)OC)n(Cc2cncc3c2ccn3S(=O)(=O)c2ccc(C)cc2)n1. The van der Waals surface area contributed by atoms with Crippen LogP contribution in [0.5, 0.6) is 0 Å². The number of carbonyl (C=O) groups excluding carboxylic acids is 2. The van der Waals surface area contributed by atoms with Crippen molar-refractivity contribution in [1.82, 2.24) is 24.1 Å². The second kappa shape index (κ2) is 8.51. The van der Waals surface area contributed by atoms with E-state index in [1.807, 2.05) is 6.92 Å². The highest BCUT2D eigenvalue weighted by atomic mass is 32.2. The molecule has 170 valence electrons. The van der Waals surface area contributed by atoms with E-state index in [1.165, 1.54) is 41.3 Å². The predicted molar refractivity (Wildman–Crippen MR) is 120 cm³/mol. The standard InChI is InChI=1S/C22H21N5O5S/c1-14-4-6-16(7-5-14)33(30,31)27-9-8-17-15(11-24-12-20(17)27)13-26-19(22(29)32-3)10-18(25-26)21(28)23-2/h4-12H,13H2,1-3H3,(H,23,28). The van der Waals surface area contributed by atoms with Crippen LogP contribution in [-0.2, 0) is 21.3 Å². The maximum absolute atomic E-state index is 13.2. The third kappa shape index (κ3) is 3.98. The molecule has 4 aromatic rings. The minimum absolute atomic E-state index is 0.0533. The molecule has 0 aliphatic heterocycles. The first-order valence-corrected chi connectivity index (χ1v) is 11.3. The number of ether oxygens (including phenoxy) is 1. The number of nitrogens with zero attached hydrogens (tertiary/aromatic N) is 4. The van der Waals surface area contributed by atoms with Gasteiger partial charge < -0.3 is 10.1 Å². The summed E-state index contributed by atoms with van der Waals surface area (Å²) >= 11 is 0. The fraction of sp³-hybridized carbons (Fsp3) is 0.182. The van der Waals surface area contributed by atoms with Gasteiger partial charge in [-0.15, -0.1) is 0 Å². The van der Waals surface area contributed by atoms with Gasteiger partial charge in [0.25, 0.3) is 15.9 Å². The highest BCUT2D eigenvalue weighted by Crippen LogP contribution is 2.25. The van der Waals surface area contributed by atoms with E-state index in [0.717, 1.165) is 5.56 Å². The number of methoxy groups -OCH3 is 1. The molecule has 0 aliphatic carbocycles. The topological polar surface area (TPSA) is 125 Å². The van der Waals surface area contributed by atoms with Gasteiger partial charge in [0.1, 0.15) is 5.69 Å². The number of aryl methyl sites for hydroxylation is 1. The maximum atomic E-state index is 13.2. The van der Waals surface area contributed by atoms with Gasteiger partial charge in [-0.25, -0.2) is 17.2 Å². The summed E-state index contributed by atoms with van der Waals surface area (Å²) in [4.78, 5) is 28.6. The van der Waals surface area contributed by atoms with E-state index in [-0.39, 0.29) is 22.8 Å². The van der Waals surface area contributed by atoms with Gasteiger partial charge >= 0.3 is 5.97 Å². The average Bonchev–Trinajstić information content (AvgIpc) is 3.44. The zero-order valence-electron chi connectivity index (χ0n) is 18.1. The lowest BCUT2D eigenvalue weighted by Crippen LogP contribution is -2.19. The van der Waals surface area contributed by atoms with Crippen molar-refractivity contribution < 1.29 is 22.7 Å². The van der Waals surface area contributed by atoms with E-state index in [0.29, 0.717) is 16.5 Å². The molecule has 0 bridgehead atoms. The van der Waals surface area contributed by atoms with Crippen molar-refractivity contribution in [3.8, 4) is 0 Å². The first-order chi connectivity index (χ1) is 15.8. The first kappa shape index (κ1) is 22.2. The Morgan fingerprint density at radius 1 is 1.12 bits per heavy atom. The maximum Gasteiger partial charge on any atom is 0.356 e. The monoisotopic (exact) mass is 467 g/mol. The van der Waals surface area contributed by atoms with Gasteiger partial charge in [0.2, 0.25) is 0 Å². The molecule has 4 rings (SSSR count). The van der Waals surface area contributed by atoms with Crippen LogP contribution >= 0.6 is 0 Å². The summed E-state index contributed by atoms with van der Waals surface area (Å²) in [5.41, 5.74) is 2.08. The number of nitrogens with one attached hydrogen (secondary N) is 1. The Labute approximate surface area is 189 Å². The van der Waals surface area contributed by atoms with Gasteiger partial charge in [-0.3, -0.25) is 14.5 Å². The van der Waals surface area contributed by atoms with Gasteiger partial charge in [0.05, 0.1) is 30.3 Å². The number of fused-ring (bicyclic) bond motifs is 1. The van der Waals surface area contributed by atoms with E-state index >= 15 is 0 Å². The molecule has 1 aromatic carbocycles. The molecule has 10 nitrogen and oxygen atoms in total. The fourth-order valence-corrected chi connectivity index (χ4v) is 4.79. The Kier molecular flexibility index (Phi) is 5.73. The molecule has 0 unspecified atom stereocenters. The average molecular weight is 468 g/mol. The molecule has 0 atom stereocenters. The minimum Gasteiger partial charge on any atom is -0.464 e. The summed E-state index contributed by atoms with van der Waals surface area (Å²) in [7, 11) is -1.14. The zero-order valence-corrected chi connectivity index (χ0v) is 19.0. The van der Waals surface area contributed by atoms with E-state index in [4.69, 9.17) is 4.74 Å². The molecule has 3 heterocycles. The van der Waals surface area contributed by atoms with E-state index < -0.39 is 21.9 Å². The summed E-state index contributed by atoms with van der Waals surface area (Å²) in [6.45, 7) is 1.95. The minimum atomic E-state index is -3.84. The van der Waals surface area contributed by atoms with Crippen LogP contribution in [0.1, 0.15) is 32.1 Å². The molecule has 0 spiro atoms. The molecule has 0 radical (unpaired) electrons. The Morgan fingerprint density at radius 3 is 2.52 bits per heavy atom. The van der Waals surface area contributed by atoms with Crippen molar-refractivity contribution in [2.24, 2.45) is 0 Å². The van der Waals surface area contributed by atoms with Gasteiger partial charge in [-0.05, 0) is 25.1 Å². The van der Waals surface area contributed by atoms with Crippen LogP contribution in [0, 0.1) is 6.92 Å². The summed E-state index contributed by atoms with van der Waals surface area (Å²) < 4.78 is 33.7. The van der Waals surface area contributed by atoms with Gasteiger partial charge in [0.15, 0.2) is 5.69 Å². The second-order valence-electron chi connectivity index (χ2n) is 7.30. The number of esters is 1. The molecule has 33 heavy (non-hydrogen) atoms. The van der Waals surface area contributed by atoms with Crippen LogP contribution in [0.3, 0.4) is 0 Å². The zero-order chi connectivity index (χ0) is 23.8. The number of amides is 1. The number of hydrogen-bond acceptors (Lipinski definition) is 7. The number of benzene rings is 1. The van der Waals surface area contributed by atoms with Crippen molar-refractivity contribution in [1.29, 1.82) is 0 Å². The predicted octanol–water partition coefficient (Wildman–Crippen LogP) is 1.97. The number of carbonyl (C=O) groups is 2. The van der Waals surface area contributed by atoms with Crippen LogP contribution < -0.4 is 5.32 Å². The van der Waals surface area contributed by atoms with Crippen LogP contribution in [-0.4, -0.2) is 53.2 Å². The third-order valence-electron chi connectivity index (χ3n) is 5.20. The Balaban J connectivity index is 1.78. The fourth-order valence-electron chi connectivity index (χ4n) is 3.46. The van der Waals surface area contributed by atoms with Crippen LogP contribution in [0.15, 0.2) is 59.9 Å². The molecular formula is C22H21N5O5S. The van der Waals surface area contributed by atoms with Crippen LogP contribution in [0.25, 0.3) is 10.9 Å². The quantitative estimate of drug-likeness (QED) is 0.430. The Bertz CT molecular complexity index is 1470. The molecule has 0 fully saturated rings. The summed E-state index contributed by atoms with van der Waals surface area (Å²) in [5, 5.41) is 7.30. The highest BCUT2D eigenvalue weighted by molar-refractivity contribution is 7.90. The highest BCUT2D eigenvalue weighted by Gasteiger charge is 2.22. The van der Waals surface area contributed by atoms with Crippen LogP contribution in [0.4, 0.5) is 0 Å². The van der Waals surface area contributed by atoms with E-state index in [9.17, 15) is 18.0 Å². The van der Waals surface area contributed by atoms with Crippen molar-refractivity contribution >= 4 is 32.8 Å². The number of hydrogen-bond donors (Lipinski definition) is 1. The Morgan fingerprint density at radius 2 is 1.85 bits per heavy atom. The molecular weight excluding hydrogens is 446 g/mol. The summed E-state index contributed by atoms with van der Waals surface area (Å²) in [6, 6.07) is 9.59. The normalized spacial score (nSPS) is 11.5. The van der Waals surface area contributed by atoms with Crippen molar-refractivity contribution in [2.45, 2.75) is 18.4 Å². The number of aromatic nitrogens is 4. The molecule has 3 aromatic heterocycles. The molecule has 0 saturated carbocycles. The Hall–Kier alpha value is -3.99. The molecule has 1 N–H and O–H groups in total. The number of rotatable bonds is 6. The third-order valence-corrected chi connectivity index (χ3v) is 6.90. The molecule has 0 saturated heterocycles. The van der Waals surface area contributed by atoms with Gasteiger partial charge in [-0.1, -0.05) is 17.7 Å². The van der Waals surface area contributed by atoms with E-state index in [1.54, 1.807) is 36.5 Å². The molecule has 0 aliphatic rings.